The Hall–Kier alpha value is -2.94. The van der Waals surface area contributed by atoms with Crippen LogP contribution in [0, 0.1) is 13.8 Å². The normalized spacial score (nSPS) is 19.8. The molecular formula is C24H28N2O6S. The molecule has 1 unspecified atom stereocenters. The number of carbonyl (C=O) groups excluding carboxylic acids is 3. The average Bonchev–Trinajstić information content (AvgIpc) is 3.43. The van der Waals surface area contributed by atoms with Crippen molar-refractivity contribution in [3.05, 3.63) is 58.4 Å². The number of ketones is 1. The molecule has 0 bridgehead atoms. The molecule has 0 saturated carbocycles. The maximum atomic E-state index is 12.8. The summed E-state index contributed by atoms with van der Waals surface area (Å²) in [5, 5.41) is 0. The number of amides is 1. The lowest BCUT2D eigenvalue weighted by Gasteiger charge is -2.16. The molecule has 1 atom stereocenters. The molecule has 4 rings (SSSR count). The van der Waals surface area contributed by atoms with Gasteiger partial charge in [0.1, 0.15) is 0 Å². The van der Waals surface area contributed by atoms with Gasteiger partial charge in [-0.05, 0) is 50.5 Å². The Bertz CT molecular complexity index is 1210. The van der Waals surface area contributed by atoms with Gasteiger partial charge in [-0.15, -0.1) is 0 Å². The van der Waals surface area contributed by atoms with Gasteiger partial charge in [0, 0.05) is 42.5 Å². The first-order valence-electron chi connectivity index (χ1n) is 11.1. The van der Waals surface area contributed by atoms with Crippen LogP contribution in [0.1, 0.15) is 63.0 Å². The third-order valence-electron chi connectivity index (χ3n) is 6.40. The first-order chi connectivity index (χ1) is 15.6. The van der Waals surface area contributed by atoms with Crippen molar-refractivity contribution in [2.24, 2.45) is 0 Å². The summed E-state index contributed by atoms with van der Waals surface area (Å²) in [6, 6.07) is 8.44. The van der Waals surface area contributed by atoms with Crippen LogP contribution in [-0.2, 0) is 25.9 Å². The Balaban J connectivity index is 1.40. The molecule has 0 aliphatic carbocycles. The highest BCUT2D eigenvalue weighted by atomic mass is 32.2. The molecule has 2 saturated heterocycles. The van der Waals surface area contributed by atoms with Crippen LogP contribution in [-0.4, -0.2) is 60.2 Å². The number of carbonyl (C=O) groups is 3. The molecule has 1 amide bonds. The lowest BCUT2D eigenvalue weighted by atomic mass is 10.1. The van der Waals surface area contributed by atoms with E-state index in [9.17, 15) is 22.8 Å². The second-order valence-electron chi connectivity index (χ2n) is 8.83. The summed E-state index contributed by atoms with van der Waals surface area (Å²) in [4.78, 5) is 38.9. The minimum atomic E-state index is -3.05. The molecule has 8 nitrogen and oxygen atoms in total. The molecule has 0 radical (unpaired) electrons. The van der Waals surface area contributed by atoms with Gasteiger partial charge in [-0.1, -0.05) is 12.1 Å². The number of nitrogens with zero attached hydrogens (tertiary/aromatic N) is 2. The minimum Gasteiger partial charge on any atom is -0.454 e. The minimum absolute atomic E-state index is 0.0747. The molecule has 0 spiro atoms. The summed E-state index contributed by atoms with van der Waals surface area (Å²) < 4.78 is 30.9. The summed E-state index contributed by atoms with van der Waals surface area (Å²) >= 11 is 0. The summed E-state index contributed by atoms with van der Waals surface area (Å²) in [5.74, 6) is -0.594. The van der Waals surface area contributed by atoms with Crippen molar-refractivity contribution in [2.45, 2.75) is 45.7 Å². The Labute approximate surface area is 193 Å². The van der Waals surface area contributed by atoms with E-state index in [0.717, 1.165) is 17.7 Å². The molecule has 0 N–H and O–H groups in total. The molecule has 1 aromatic heterocycles. The number of hydrogen-bond donors (Lipinski definition) is 0. The van der Waals surface area contributed by atoms with E-state index in [0.29, 0.717) is 42.8 Å². The topological polar surface area (TPSA) is 103 Å². The fourth-order valence-electron chi connectivity index (χ4n) is 4.78. The van der Waals surface area contributed by atoms with Crippen LogP contribution in [0.2, 0.25) is 0 Å². The van der Waals surface area contributed by atoms with E-state index in [1.54, 1.807) is 36.1 Å². The van der Waals surface area contributed by atoms with Gasteiger partial charge in [0.25, 0.3) is 0 Å². The van der Waals surface area contributed by atoms with Crippen LogP contribution in [0.3, 0.4) is 0 Å². The molecule has 2 aromatic rings. The fourth-order valence-corrected chi connectivity index (χ4v) is 6.48. The van der Waals surface area contributed by atoms with Crippen LogP contribution in [0.15, 0.2) is 30.3 Å². The van der Waals surface area contributed by atoms with E-state index in [1.807, 2.05) is 17.6 Å². The van der Waals surface area contributed by atoms with E-state index in [2.05, 4.69) is 0 Å². The molecule has 2 fully saturated rings. The highest BCUT2D eigenvalue weighted by molar-refractivity contribution is 7.91. The number of esters is 1. The number of rotatable bonds is 7. The number of ether oxygens (including phenoxy) is 1. The highest BCUT2D eigenvalue weighted by Gasteiger charge is 2.31. The van der Waals surface area contributed by atoms with Crippen molar-refractivity contribution in [1.82, 2.24) is 9.47 Å². The van der Waals surface area contributed by atoms with Gasteiger partial charge in [-0.3, -0.25) is 9.59 Å². The van der Waals surface area contributed by atoms with Crippen LogP contribution < -0.4 is 0 Å². The van der Waals surface area contributed by atoms with Crippen LogP contribution >= 0.6 is 0 Å². The number of likely N-dealkylation sites (tertiary alicyclic amines) is 1. The number of aromatic nitrogens is 1. The molecule has 176 valence electrons. The van der Waals surface area contributed by atoms with Crippen LogP contribution in [0.5, 0.6) is 0 Å². The Morgan fingerprint density at radius 3 is 2.64 bits per heavy atom. The standard InChI is InChI=1S/C24H28N2O6S/c1-16-11-21(17(2)26(16)20-8-10-33(30,31)15-20)22(27)14-32-24(29)19-6-3-5-18(12-19)13-25-9-4-7-23(25)28/h3,5-6,11-12,20H,4,7-10,13-15H2,1-2H3. The van der Waals surface area contributed by atoms with Gasteiger partial charge < -0.3 is 14.2 Å². The molecular weight excluding hydrogens is 444 g/mol. The van der Waals surface area contributed by atoms with Gasteiger partial charge in [0.05, 0.1) is 17.1 Å². The maximum Gasteiger partial charge on any atom is 0.338 e. The predicted molar refractivity (Wildman–Crippen MR) is 122 cm³/mol. The number of hydrogen-bond acceptors (Lipinski definition) is 6. The van der Waals surface area contributed by atoms with E-state index in [1.165, 1.54) is 0 Å². The maximum absolute atomic E-state index is 12.8. The monoisotopic (exact) mass is 472 g/mol. The van der Waals surface area contributed by atoms with Crippen LogP contribution in [0.25, 0.3) is 0 Å². The van der Waals surface area contributed by atoms with Gasteiger partial charge in [-0.25, -0.2) is 13.2 Å². The zero-order chi connectivity index (χ0) is 23.8. The van der Waals surface area contributed by atoms with Gasteiger partial charge in [0.15, 0.2) is 16.4 Å². The number of aryl methyl sites for hydroxylation is 1. The summed E-state index contributed by atoms with van der Waals surface area (Å²) in [5.41, 5.74) is 3.10. The molecule has 2 aliphatic rings. The second-order valence-corrected chi connectivity index (χ2v) is 11.1. The van der Waals surface area contributed by atoms with Crippen molar-refractivity contribution in [2.75, 3.05) is 24.7 Å². The third kappa shape index (κ3) is 5.03. The van der Waals surface area contributed by atoms with Crippen LogP contribution in [0.4, 0.5) is 0 Å². The average molecular weight is 473 g/mol. The summed E-state index contributed by atoms with van der Waals surface area (Å²) in [6.45, 7) is 4.39. The van der Waals surface area contributed by atoms with Crippen molar-refractivity contribution in [3.8, 4) is 0 Å². The molecule has 9 heteroatoms. The first-order valence-corrected chi connectivity index (χ1v) is 12.9. The molecule has 2 aliphatic heterocycles. The van der Waals surface area contributed by atoms with E-state index < -0.39 is 22.4 Å². The zero-order valence-electron chi connectivity index (χ0n) is 18.9. The molecule has 33 heavy (non-hydrogen) atoms. The Morgan fingerprint density at radius 1 is 1.18 bits per heavy atom. The van der Waals surface area contributed by atoms with Crippen molar-refractivity contribution in [1.29, 1.82) is 0 Å². The summed E-state index contributed by atoms with van der Waals surface area (Å²) in [7, 11) is -3.05. The van der Waals surface area contributed by atoms with Gasteiger partial charge >= 0.3 is 5.97 Å². The number of benzene rings is 1. The smallest absolute Gasteiger partial charge is 0.338 e. The first kappa shape index (κ1) is 23.2. The second kappa shape index (κ2) is 9.13. The Kier molecular flexibility index (Phi) is 6.43. The third-order valence-corrected chi connectivity index (χ3v) is 8.15. The molecule has 1 aromatic carbocycles. The number of sulfone groups is 1. The highest BCUT2D eigenvalue weighted by Crippen LogP contribution is 2.29. The van der Waals surface area contributed by atoms with Crippen molar-refractivity contribution >= 4 is 27.5 Å². The van der Waals surface area contributed by atoms with E-state index in [-0.39, 0.29) is 29.2 Å². The fraction of sp³-hybridized carbons (Fsp3) is 0.458. The van der Waals surface area contributed by atoms with Crippen molar-refractivity contribution in [3.63, 3.8) is 0 Å². The largest absolute Gasteiger partial charge is 0.454 e. The lowest BCUT2D eigenvalue weighted by molar-refractivity contribution is -0.128. The van der Waals surface area contributed by atoms with Gasteiger partial charge in [-0.2, -0.15) is 0 Å². The van der Waals surface area contributed by atoms with Gasteiger partial charge in [0.2, 0.25) is 11.7 Å². The Morgan fingerprint density at radius 2 is 1.97 bits per heavy atom. The lowest BCUT2D eigenvalue weighted by Crippen LogP contribution is -2.24. The quantitative estimate of drug-likeness (QED) is 0.453. The molecule has 3 heterocycles. The zero-order valence-corrected chi connectivity index (χ0v) is 19.7. The van der Waals surface area contributed by atoms with E-state index in [4.69, 9.17) is 4.74 Å². The summed E-state index contributed by atoms with van der Waals surface area (Å²) in [6.07, 6.45) is 1.93. The van der Waals surface area contributed by atoms with E-state index >= 15 is 0 Å². The SMILES string of the molecule is Cc1cc(C(=O)COC(=O)c2cccc(CN3CCCC3=O)c2)c(C)n1C1CCS(=O)(=O)C1. The number of Topliss-reactive ketones (excluding diaryl/α,β-unsaturated/α-hetero) is 1. The predicted octanol–water partition coefficient (Wildman–Crippen LogP) is 2.63. The van der Waals surface area contributed by atoms with Crippen molar-refractivity contribution < 1.29 is 27.5 Å².